The van der Waals surface area contributed by atoms with Crippen molar-refractivity contribution in [2.75, 3.05) is 26.2 Å². The van der Waals surface area contributed by atoms with Crippen LogP contribution in [0.4, 0.5) is 0 Å². The average molecular weight is 476 g/mol. The molecule has 3 aliphatic rings. The zero-order valence-corrected chi connectivity index (χ0v) is 20.2. The highest BCUT2D eigenvalue weighted by Gasteiger charge is 2.34. The molecular weight excluding hydrogens is 446 g/mol. The van der Waals surface area contributed by atoms with Gasteiger partial charge >= 0.3 is 5.97 Å². The molecule has 176 valence electrons. The molecule has 6 heteroatoms. The number of nitrogens with one attached hydrogen (secondary N) is 1. The molecule has 0 aliphatic carbocycles. The van der Waals surface area contributed by atoms with E-state index in [0.717, 1.165) is 48.8 Å². The van der Waals surface area contributed by atoms with E-state index < -0.39 is 0 Å². The standard InChI is InChI=1S/C28H30ClN3O2/c1-2-34-28(33)22-14-16-31(17-15-22)19-25-27(21-8-11-24(29)12-9-21)30-26-13-10-23(18-32(25)26)20-6-4-3-5-7-20/h3-13,18,22,26,30H,2,14-17,19H2,1H3. The number of hydrogen-bond donors (Lipinski definition) is 1. The number of halogens is 1. The molecule has 5 nitrogen and oxygen atoms in total. The van der Waals surface area contributed by atoms with Crippen LogP contribution in [-0.2, 0) is 9.53 Å². The fraction of sp³-hybridized carbons (Fsp3) is 0.321. The first-order valence-corrected chi connectivity index (χ1v) is 12.4. The van der Waals surface area contributed by atoms with E-state index in [9.17, 15) is 4.79 Å². The van der Waals surface area contributed by atoms with Crippen molar-refractivity contribution in [3.05, 3.63) is 94.8 Å². The fourth-order valence-electron chi connectivity index (χ4n) is 4.91. The van der Waals surface area contributed by atoms with Gasteiger partial charge in [0, 0.05) is 17.8 Å². The number of nitrogens with zero attached hydrogens (tertiary/aromatic N) is 2. The third-order valence-electron chi connectivity index (χ3n) is 6.75. The molecule has 5 rings (SSSR count). The van der Waals surface area contributed by atoms with Gasteiger partial charge in [-0.25, -0.2) is 0 Å². The normalized spacial score (nSPS) is 20.7. The Morgan fingerprint density at radius 1 is 1.06 bits per heavy atom. The van der Waals surface area contributed by atoms with E-state index in [1.54, 1.807) is 0 Å². The molecule has 0 spiro atoms. The smallest absolute Gasteiger partial charge is 0.309 e. The molecule has 0 amide bonds. The molecule has 0 radical (unpaired) electrons. The Morgan fingerprint density at radius 3 is 2.50 bits per heavy atom. The number of carbonyl (C=O) groups is 1. The summed E-state index contributed by atoms with van der Waals surface area (Å²) in [5, 5.41) is 4.44. The van der Waals surface area contributed by atoms with Gasteiger partial charge in [-0.05, 0) is 67.8 Å². The molecule has 1 fully saturated rings. The lowest BCUT2D eigenvalue weighted by molar-refractivity contribution is -0.149. The van der Waals surface area contributed by atoms with Gasteiger partial charge in [0.15, 0.2) is 0 Å². The van der Waals surface area contributed by atoms with Gasteiger partial charge < -0.3 is 15.0 Å². The molecule has 1 saturated heterocycles. The minimum absolute atomic E-state index is 0.0119. The highest BCUT2D eigenvalue weighted by Crippen LogP contribution is 2.35. The number of ether oxygens (including phenoxy) is 1. The summed E-state index contributed by atoms with van der Waals surface area (Å²) in [5.74, 6) is -0.0414. The van der Waals surface area contributed by atoms with Gasteiger partial charge in [0.25, 0.3) is 0 Å². The molecule has 0 bridgehead atoms. The molecule has 0 saturated carbocycles. The number of allylic oxidation sites excluding steroid dienone is 2. The summed E-state index contributed by atoms with van der Waals surface area (Å²) in [6.07, 6.45) is 8.41. The zero-order valence-electron chi connectivity index (χ0n) is 19.4. The minimum atomic E-state index is -0.0533. The molecule has 1 atom stereocenters. The second kappa shape index (κ2) is 10.1. The fourth-order valence-corrected chi connectivity index (χ4v) is 5.04. The van der Waals surface area contributed by atoms with Crippen molar-refractivity contribution >= 4 is 28.8 Å². The Kier molecular flexibility index (Phi) is 6.75. The second-order valence-corrected chi connectivity index (χ2v) is 9.37. The number of hydrogen-bond acceptors (Lipinski definition) is 5. The van der Waals surface area contributed by atoms with Crippen LogP contribution in [0.1, 0.15) is 30.9 Å². The molecule has 3 heterocycles. The van der Waals surface area contributed by atoms with Crippen LogP contribution in [0.15, 0.2) is 78.6 Å². The lowest BCUT2D eigenvalue weighted by atomic mass is 9.96. The van der Waals surface area contributed by atoms with Gasteiger partial charge in [-0.1, -0.05) is 60.1 Å². The molecule has 34 heavy (non-hydrogen) atoms. The predicted molar refractivity (Wildman–Crippen MR) is 136 cm³/mol. The summed E-state index contributed by atoms with van der Waals surface area (Å²) in [4.78, 5) is 17.0. The van der Waals surface area contributed by atoms with E-state index >= 15 is 0 Å². The molecule has 2 aromatic rings. The monoisotopic (exact) mass is 475 g/mol. The first kappa shape index (κ1) is 22.8. The maximum Gasteiger partial charge on any atom is 0.309 e. The topological polar surface area (TPSA) is 44.8 Å². The van der Waals surface area contributed by atoms with Crippen molar-refractivity contribution in [1.82, 2.24) is 15.1 Å². The van der Waals surface area contributed by atoms with Crippen LogP contribution in [0, 0.1) is 5.92 Å². The van der Waals surface area contributed by atoms with E-state index in [1.165, 1.54) is 16.8 Å². The predicted octanol–water partition coefficient (Wildman–Crippen LogP) is 5.13. The van der Waals surface area contributed by atoms with Gasteiger partial charge in [0.1, 0.15) is 6.17 Å². The molecule has 3 aliphatic heterocycles. The van der Waals surface area contributed by atoms with E-state index in [4.69, 9.17) is 16.3 Å². The lowest BCUT2D eigenvalue weighted by Crippen LogP contribution is -2.40. The molecule has 2 aromatic carbocycles. The number of esters is 1. The van der Waals surface area contributed by atoms with Crippen molar-refractivity contribution in [1.29, 1.82) is 0 Å². The summed E-state index contributed by atoms with van der Waals surface area (Å²) < 4.78 is 5.25. The Bertz CT molecular complexity index is 1120. The number of carbonyl (C=O) groups excluding carboxylic acids is 1. The van der Waals surface area contributed by atoms with Crippen molar-refractivity contribution in [2.24, 2.45) is 5.92 Å². The summed E-state index contributed by atoms with van der Waals surface area (Å²) in [5.41, 5.74) is 5.88. The van der Waals surface area contributed by atoms with Gasteiger partial charge in [-0.3, -0.25) is 9.69 Å². The molecule has 0 aromatic heterocycles. The van der Waals surface area contributed by atoms with Crippen LogP contribution >= 0.6 is 11.6 Å². The third kappa shape index (κ3) is 4.77. The number of piperidine rings is 1. The van der Waals surface area contributed by atoms with Crippen molar-refractivity contribution < 1.29 is 9.53 Å². The van der Waals surface area contributed by atoms with Crippen molar-refractivity contribution in [3.63, 3.8) is 0 Å². The third-order valence-corrected chi connectivity index (χ3v) is 7.00. The van der Waals surface area contributed by atoms with Crippen LogP contribution in [0.2, 0.25) is 5.02 Å². The van der Waals surface area contributed by atoms with Crippen LogP contribution in [0.3, 0.4) is 0 Å². The van der Waals surface area contributed by atoms with Gasteiger partial charge in [0.2, 0.25) is 0 Å². The summed E-state index contributed by atoms with van der Waals surface area (Å²) >= 11 is 6.17. The lowest BCUT2D eigenvalue weighted by Gasteiger charge is -2.34. The largest absolute Gasteiger partial charge is 0.466 e. The van der Waals surface area contributed by atoms with E-state index in [2.05, 4.69) is 69.9 Å². The van der Waals surface area contributed by atoms with Crippen LogP contribution < -0.4 is 5.32 Å². The van der Waals surface area contributed by atoms with Crippen LogP contribution in [0.25, 0.3) is 11.3 Å². The summed E-state index contributed by atoms with van der Waals surface area (Å²) in [6.45, 7) is 4.88. The number of benzene rings is 2. The van der Waals surface area contributed by atoms with Crippen LogP contribution in [0.5, 0.6) is 0 Å². The Balaban J connectivity index is 1.41. The average Bonchev–Trinajstić information content (AvgIpc) is 3.23. The Hall–Kier alpha value is -3.02. The minimum Gasteiger partial charge on any atom is -0.466 e. The molecule has 1 N–H and O–H groups in total. The van der Waals surface area contributed by atoms with Crippen molar-refractivity contribution in [2.45, 2.75) is 25.9 Å². The maximum atomic E-state index is 12.2. The summed E-state index contributed by atoms with van der Waals surface area (Å²) in [7, 11) is 0. The Morgan fingerprint density at radius 2 is 1.79 bits per heavy atom. The first-order valence-electron chi connectivity index (χ1n) is 12.0. The van der Waals surface area contributed by atoms with Gasteiger partial charge in [-0.2, -0.15) is 0 Å². The van der Waals surface area contributed by atoms with E-state index in [0.29, 0.717) is 6.61 Å². The number of likely N-dealkylation sites (tertiary alicyclic amines) is 1. The molecular formula is C28H30ClN3O2. The first-order chi connectivity index (χ1) is 16.6. The zero-order chi connectivity index (χ0) is 23.5. The highest BCUT2D eigenvalue weighted by atomic mass is 35.5. The van der Waals surface area contributed by atoms with Gasteiger partial charge in [-0.15, -0.1) is 0 Å². The van der Waals surface area contributed by atoms with E-state index in [-0.39, 0.29) is 18.1 Å². The van der Waals surface area contributed by atoms with Crippen molar-refractivity contribution in [3.8, 4) is 0 Å². The number of rotatable bonds is 6. The van der Waals surface area contributed by atoms with Crippen LogP contribution in [-0.4, -0.2) is 48.2 Å². The number of fused-ring (bicyclic) bond motifs is 1. The molecule has 1 unspecified atom stereocenters. The summed E-state index contributed by atoms with van der Waals surface area (Å²) in [6, 6.07) is 18.5. The van der Waals surface area contributed by atoms with E-state index in [1.807, 2.05) is 25.1 Å². The maximum absolute atomic E-state index is 12.2. The SMILES string of the molecule is CCOC(=O)C1CCN(CC2=C(c3ccc(Cl)cc3)NC3C=CC(c4ccccc4)=CN23)CC1. The second-order valence-electron chi connectivity index (χ2n) is 8.94. The quantitative estimate of drug-likeness (QED) is 0.587. The Labute approximate surface area is 206 Å². The highest BCUT2D eigenvalue weighted by molar-refractivity contribution is 6.30. The van der Waals surface area contributed by atoms with Gasteiger partial charge in [0.05, 0.1) is 23.9 Å².